The lowest BCUT2D eigenvalue weighted by Gasteiger charge is -2.25. The summed E-state index contributed by atoms with van der Waals surface area (Å²) in [5.74, 6) is 0.572. The van der Waals surface area contributed by atoms with Gasteiger partial charge in [-0.3, -0.25) is 4.79 Å². The average molecular weight is 367 g/mol. The number of ether oxygens (including phenoxy) is 1. The number of carbonyl (C=O) groups is 1. The zero-order chi connectivity index (χ0) is 18.8. The van der Waals surface area contributed by atoms with Crippen LogP contribution in [0, 0.1) is 5.82 Å². The number of rotatable bonds is 0. The third-order valence-corrected chi connectivity index (χ3v) is 5.20. The fourth-order valence-electron chi connectivity index (χ4n) is 3.77. The number of halogens is 1. The maximum atomic E-state index is 14.4. The van der Waals surface area contributed by atoms with Gasteiger partial charge in [0.2, 0.25) is 0 Å². The number of aromatic nitrogens is 3. The number of benzene rings is 1. The second-order valence-electron chi connectivity index (χ2n) is 7.36. The molecule has 1 aromatic carbocycles. The number of anilines is 1. The molecule has 0 fully saturated rings. The summed E-state index contributed by atoms with van der Waals surface area (Å²) in [7, 11) is 0. The first-order valence-electron chi connectivity index (χ1n) is 8.83. The molecule has 2 aromatic heterocycles. The van der Waals surface area contributed by atoms with E-state index in [4.69, 9.17) is 4.74 Å². The Hall–Kier alpha value is -3.16. The summed E-state index contributed by atoms with van der Waals surface area (Å²) >= 11 is 0. The molecule has 138 valence electrons. The molecule has 0 aliphatic carbocycles. The Balaban J connectivity index is 1.68. The lowest BCUT2D eigenvalue weighted by Crippen LogP contribution is -2.44. The van der Waals surface area contributed by atoms with Crippen LogP contribution in [0.2, 0.25) is 0 Å². The Morgan fingerprint density at radius 2 is 2.22 bits per heavy atom. The number of carbonyl (C=O) groups excluding carboxylic acids is 1. The van der Waals surface area contributed by atoms with Crippen LogP contribution in [-0.2, 0) is 6.42 Å². The molecule has 2 atom stereocenters. The number of hydrogen-bond donors (Lipinski definition) is 2. The van der Waals surface area contributed by atoms with Gasteiger partial charge in [-0.15, -0.1) is 0 Å². The fraction of sp³-hybridized carbons (Fsp3) is 0.316. The molecular formula is C19H18FN5O2. The quantitative estimate of drug-likeness (QED) is 0.638. The van der Waals surface area contributed by atoms with E-state index in [-0.39, 0.29) is 24.3 Å². The summed E-state index contributed by atoms with van der Waals surface area (Å²) in [4.78, 5) is 17.2. The van der Waals surface area contributed by atoms with Crippen LogP contribution in [0.3, 0.4) is 0 Å². The molecule has 0 spiro atoms. The summed E-state index contributed by atoms with van der Waals surface area (Å²) in [5, 5.41) is 10.4. The summed E-state index contributed by atoms with van der Waals surface area (Å²) in [6, 6.07) is 4.83. The van der Waals surface area contributed by atoms with E-state index in [2.05, 4.69) is 20.7 Å². The van der Waals surface area contributed by atoms with Crippen molar-refractivity contribution < 1.29 is 13.9 Å². The van der Waals surface area contributed by atoms with Crippen LogP contribution in [0.5, 0.6) is 5.75 Å². The largest absolute Gasteiger partial charge is 0.485 e. The zero-order valence-corrected chi connectivity index (χ0v) is 14.9. The molecule has 1 amide bonds. The van der Waals surface area contributed by atoms with Crippen LogP contribution in [0.4, 0.5) is 10.2 Å². The van der Waals surface area contributed by atoms with E-state index >= 15 is 0 Å². The number of nitrogens with one attached hydrogen (secondary N) is 2. The van der Waals surface area contributed by atoms with Crippen molar-refractivity contribution in [1.29, 1.82) is 0 Å². The van der Waals surface area contributed by atoms with Crippen LogP contribution >= 0.6 is 0 Å². The van der Waals surface area contributed by atoms with Gasteiger partial charge < -0.3 is 15.4 Å². The highest BCUT2D eigenvalue weighted by molar-refractivity contribution is 5.99. The van der Waals surface area contributed by atoms with E-state index in [1.807, 2.05) is 13.8 Å². The minimum absolute atomic E-state index is 0.160. The van der Waals surface area contributed by atoms with Crippen molar-refractivity contribution in [3.05, 3.63) is 53.1 Å². The maximum absolute atomic E-state index is 14.4. The van der Waals surface area contributed by atoms with Gasteiger partial charge in [0, 0.05) is 23.7 Å². The third-order valence-electron chi connectivity index (χ3n) is 5.20. The van der Waals surface area contributed by atoms with Gasteiger partial charge in [0.15, 0.2) is 5.65 Å². The molecule has 5 rings (SSSR count). The molecule has 2 aliphatic heterocycles. The highest BCUT2D eigenvalue weighted by atomic mass is 19.1. The lowest BCUT2D eigenvalue weighted by atomic mass is 9.96. The first kappa shape index (κ1) is 16.0. The van der Waals surface area contributed by atoms with E-state index in [0.29, 0.717) is 34.8 Å². The van der Waals surface area contributed by atoms with E-state index in [0.717, 1.165) is 5.56 Å². The van der Waals surface area contributed by atoms with Crippen LogP contribution in [-0.4, -0.2) is 32.7 Å². The van der Waals surface area contributed by atoms with Gasteiger partial charge in [0.1, 0.15) is 28.5 Å². The Morgan fingerprint density at radius 1 is 1.37 bits per heavy atom. The van der Waals surface area contributed by atoms with E-state index in [9.17, 15) is 9.18 Å². The molecule has 0 saturated heterocycles. The van der Waals surface area contributed by atoms with Gasteiger partial charge in [0.05, 0.1) is 18.8 Å². The Morgan fingerprint density at radius 3 is 3.07 bits per heavy atom. The van der Waals surface area contributed by atoms with Crippen molar-refractivity contribution in [2.24, 2.45) is 0 Å². The Labute approximate surface area is 154 Å². The van der Waals surface area contributed by atoms with Crippen LogP contribution in [0.15, 0.2) is 30.6 Å². The van der Waals surface area contributed by atoms with Gasteiger partial charge in [-0.05, 0) is 26.0 Å². The van der Waals surface area contributed by atoms with Crippen molar-refractivity contribution in [1.82, 2.24) is 19.9 Å². The Kier molecular flexibility index (Phi) is 3.22. The first-order chi connectivity index (χ1) is 12.9. The monoisotopic (exact) mass is 367 g/mol. The summed E-state index contributed by atoms with van der Waals surface area (Å²) < 4.78 is 22.1. The topological polar surface area (TPSA) is 80.5 Å². The van der Waals surface area contributed by atoms with E-state index in [1.165, 1.54) is 12.3 Å². The fourth-order valence-corrected chi connectivity index (χ4v) is 3.77. The molecule has 0 saturated carbocycles. The van der Waals surface area contributed by atoms with Gasteiger partial charge in [-0.2, -0.15) is 5.10 Å². The second-order valence-corrected chi connectivity index (χ2v) is 7.36. The van der Waals surface area contributed by atoms with Crippen LogP contribution < -0.4 is 15.4 Å². The molecule has 7 nitrogen and oxygen atoms in total. The average Bonchev–Trinajstić information content (AvgIpc) is 3.21. The molecule has 2 aliphatic rings. The van der Waals surface area contributed by atoms with Gasteiger partial charge in [-0.1, -0.05) is 6.07 Å². The van der Waals surface area contributed by atoms with Crippen molar-refractivity contribution in [3.63, 3.8) is 0 Å². The standard InChI is InChI=1S/C19H18FN5O2/c1-10-11-3-4-14(20)12-7-19(2,27-16(11)12)9-21-18(26)13-8-22-25-6-5-15(23-10)24-17(13)25/h3-6,8,10H,7,9H2,1-2H3,(H,21,26)(H,23,24)/t10-,19+/m1/s1. The number of amides is 1. The first-order valence-corrected chi connectivity index (χ1v) is 8.83. The summed E-state index contributed by atoms with van der Waals surface area (Å²) in [6.07, 6.45) is 3.63. The zero-order valence-electron chi connectivity index (χ0n) is 14.9. The Bertz CT molecular complexity index is 1100. The maximum Gasteiger partial charge on any atom is 0.256 e. The van der Waals surface area contributed by atoms with Crippen LogP contribution in [0.1, 0.15) is 41.4 Å². The van der Waals surface area contributed by atoms with Gasteiger partial charge in [-0.25, -0.2) is 13.9 Å². The molecule has 0 unspecified atom stereocenters. The molecular weight excluding hydrogens is 349 g/mol. The van der Waals surface area contributed by atoms with E-state index in [1.54, 1.807) is 22.8 Å². The van der Waals surface area contributed by atoms with E-state index < -0.39 is 5.60 Å². The van der Waals surface area contributed by atoms with Crippen molar-refractivity contribution >= 4 is 17.4 Å². The highest BCUT2D eigenvalue weighted by Crippen LogP contribution is 2.42. The van der Waals surface area contributed by atoms with Crippen molar-refractivity contribution in [2.75, 3.05) is 11.9 Å². The molecule has 4 heterocycles. The molecule has 4 bridgehead atoms. The molecule has 2 N–H and O–H groups in total. The summed E-state index contributed by atoms with van der Waals surface area (Å²) in [6.45, 7) is 4.09. The summed E-state index contributed by atoms with van der Waals surface area (Å²) in [5.41, 5.74) is 1.54. The number of nitrogens with zero attached hydrogens (tertiary/aromatic N) is 3. The minimum Gasteiger partial charge on any atom is -0.485 e. The molecule has 0 radical (unpaired) electrons. The minimum atomic E-state index is -0.721. The van der Waals surface area contributed by atoms with Crippen molar-refractivity contribution in [2.45, 2.75) is 31.9 Å². The predicted molar refractivity (Wildman–Crippen MR) is 96.5 cm³/mol. The van der Waals surface area contributed by atoms with Gasteiger partial charge in [0.25, 0.3) is 5.91 Å². The number of fused-ring (bicyclic) bond motifs is 2. The highest BCUT2D eigenvalue weighted by Gasteiger charge is 2.39. The normalized spacial score (nSPS) is 23.8. The lowest BCUT2D eigenvalue weighted by molar-refractivity contribution is 0.0839. The SMILES string of the molecule is C[C@H]1Nc2ccn3ncc(c3n2)C(=O)NC[C@]2(C)Cc3c(F)ccc1c3O2. The molecule has 27 heavy (non-hydrogen) atoms. The molecule has 8 heteroatoms. The van der Waals surface area contributed by atoms with Crippen molar-refractivity contribution in [3.8, 4) is 5.75 Å². The molecule has 3 aromatic rings. The van der Waals surface area contributed by atoms with Crippen LogP contribution in [0.25, 0.3) is 5.65 Å². The number of hydrogen-bond acceptors (Lipinski definition) is 5. The smallest absolute Gasteiger partial charge is 0.256 e. The third kappa shape index (κ3) is 2.43. The second kappa shape index (κ2) is 5.42. The van der Waals surface area contributed by atoms with Gasteiger partial charge >= 0.3 is 0 Å². The predicted octanol–water partition coefficient (Wildman–Crippen LogP) is 2.48.